The normalized spacial score (nSPS) is 33.3. The Morgan fingerprint density at radius 1 is 1.31 bits per heavy atom. The number of carbonyl (C=O) groups excluding carboxylic acids is 2. The van der Waals surface area contributed by atoms with Crippen molar-refractivity contribution in [2.75, 3.05) is 0 Å². The molecule has 0 saturated carbocycles. The maximum atomic E-state index is 11.3. The van der Waals surface area contributed by atoms with Crippen LogP contribution in [0.3, 0.4) is 0 Å². The summed E-state index contributed by atoms with van der Waals surface area (Å²) in [7, 11) is 0. The molecule has 72 valence electrons. The summed E-state index contributed by atoms with van der Waals surface area (Å²) in [5, 5.41) is 0. The molecule has 2 aliphatic rings. The molecular formula is C10H15NO2. The second kappa shape index (κ2) is 3.13. The van der Waals surface area contributed by atoms with E-state index in [1.807, 2.05) is 4.90 Å². The number of carbonyl (C=O) groups is 2. The highest BCUT2D eigenvalue weighted by molar-refractivity contribution is 5.84. The first-order valence-electron chi connectivity index (χ1n) is 4.99. The van der Waals surface area contributed by atoms with Gasteiger partial charge in [-0.05, 0) is 19.3 Å². The van der Waals surface area contributed by atoms with Gasteiger partial charge >= 0.3 is 0 Å². The quantitative estimate of drug-likeness (QED) is 0.561. The molecule has 2 aliphatic heterocycles. The molecule has 2 atom stereocenters. The monoisotopic (exact) mass is 181 g/mol. The van der Waals surface area contributed by atoms with Crippen LogP contribution >= 0.6 is 0 Å². The molecule has 2 heterocycles. The van der Waals surface area contributed by atoms with Crippen LogP contribution in [-0.2, 0) is 9.59 Å². The minimum Gasteiger partial charge on any atom is -0.336 e. The summed E-state index contributed by atoms with van der Waals surface area (Å²) < 4.78 is 0. The highest BCUT2D eigenvalue weighted by Gasteiger charge is 2.38. The highest BCUT2D eigenvalue weighted by Crippen LogP contribution is 2.31. The molecule has 1 amide bonds. The summed E-state index contributed by atoms with van der Waals surface area (Å²) in [6, 6.07) is 0.440. The van der Waals surface area contributed by atoms with Crippen LogP contribution in [-0.4, -0.2) is 28.7 Å². The molecule has 0 spiro atoms. The Balaban J connectivity index is 2.19. The van der Waals surface area contributed by atoms with E-state index >= 15 is 0 Å². The molecule has 2 fully saturated rings. The number of amides is 1. The van der Waals surface area contributed by atoms with Gasteiger partial charge in [-0.2, -0.15) is 0 Å². The zero-order chi connectivity index (χ0) is 9.42. The molecule has 2 unspecified atom stereocenters. The zero-order valence-electron chi connectivity index (χ0n) is 7.95. The van der Waals surface area contributed by atoms with Crippen LogP contribution in [0.5, 0.6) is 0 Å². The molecule has 2 saturated heterocycles. The van der Waals surface area contributed by atoms with Crippen molar-refractivity contribution in [1.29, 1.82) is 0 Å². The van der Waals surface area contributed by atoms with E-state index in [4.69, 9.17) is 0 Å². The number of rotatable bonds is 0. The third kappa shape index (κ3) is 1.47. The van der Waals surface area contributed by atoms with E-state index in [-0.39, 0.29) is 18.0 Å². The number of ketones is 1. The Hall–Kier alpha value is -0.860. The van der Waals surface area contributed by atoms with Crippen molar-refractivity contribution >= 4 is 11.7 Å². The predicted molar refractivity (Wildman–Crippen MR) is 48.2 cm³/mol. The van der Waals surface area contributed by atoms with Crippen molar-refractivity contribution in [3.05, 3.63) is 0 Å². The predicted octanol–water partition coefficient (Wildman–Crippen LogP) is 1.12. The third-order valence-corrected chi connectivity index (χ3v) is 3.15. The SMILES string of the molecule is CC(=O)N1C2CCCC1CC(=O)C2. The molecule has 3 heteroatoms. The van der Waals surface area contributed by atoms with Crippen LogP contribution in [0.1, 0.15) is 39.0 Å². The molecule has 13 heavy (non-hydrogen) atoms. The fourth-order valence-electron chi connectivity index (χ4n) is 2.69. The number of piperidine rings is 2. The van der Waals surface area contributed by atoms with E-state index in [0.717, 1.165) is 12.8 Å². The summed E-state index contributed by atoms with van der Waals surface area (Å²) in [6.45, 7) is 1.61. The third-order valence-electron chi connectivity index (χ3n) is 3.15. The molecule has 0 aromatic carbocycles. The lowest BCUT2D eigenvalue weighted by Crippen LogP contribution is -2.54. The maximum absolute atomic E-state index is 11.3. The molecule has 2 bridgehead atoms. The Morgan fingerprint density at radius 3 is 2.31 bits per heavy atom. The fraction of sp³-hybridized carbons (Fsp3) is 0.800. The second-order valence-electron chi connectivity index (χ2n) is 4.11. The van der Waals surface area contributed by atoms with E-state index in [2.05, 4.69) is 0 Å². The molecule has 0 radical (unpaired) electrons. The van der Waals surface area contributed by atoms with Gasteiger partial charge in [0.25, 0.3) is 0 Å². The van der Waals surface area contributed by atoms with Crippen LogP contribution in [0, 0.1) is 0 Å². The van der Waals surface area contributed by atoms with Gasteiger partial charge in [0.15, 0.2) is 0 Å². The molecule has 2 rings (SSSR count). The van der Waals surface area contributed by atoms with Crippen molar-refractivity contribution in [2.24, 2.45) is 0 Å². The number of Topliss-reactive ketones (excluding diaryl/α,β-unsaturated/α-hetero) is 1. The van der Waals surface area contributed by atoms with Crippen LogP contribution in [0.15, 0.2) is 0 Å². The minimum absolute atomic E-state index is 0.141. The number of nitrogens with zero attached hydrogens (tertiary/aromatic N) is 1. The number of hydrogen-bond acceptors (Lipinski definition) is 2. The lowest BCUT2D eigenvalue weighted by atomic mass is 9.84. The molecular weight excluding hydrogens is 166 g/mol. The van der Waals surface area contributed by atoms with Gasteiger partial charge in [0, 0.05) is 31.8 Å². The zero-order valence-corrected chi connectivity index (χ0v) is 7.95. The lowest BCUT2D eigenvalue weighted by molar-refractivity contribution is -0.142. The van der Waals surface area contributed by atoms with E-state index in [9.17, 15) is 9.59 Å². The van der Waals surface area contributed by atoms with Crippen molar-refractivity contribution < 1.29 is 9.59 Å². The van der Waals surface area contributed by atoms with Crippen LogP contribution in [0.4, 0.5) is 0 Å². The van der Waals surface area contributed by atoms with E-state index in [0.29, 0.717) is 18.6 Å². The van der Waals surface area contributed by atoms with Gasteiger partial charge < -0.3 is 4.90 Å². The maximum Gasteiger partial charge on any atom is 0.219 e. The van der Waals surface area contributed by atoms with Crippen molar-refractivity contribution in [3.8, 4) is 0 Å². The first-order valence-corrected chi connectivity index (χ1v) is 4.99. The van der Waals surface area contributed by atoms with Crippen molar-refractivity contribution in [3.63, 3.8) is 0 Å². The van der Waals surface area contributed by atoms with Crippen LogP contribution in [0.25, 0.3) is 0 Å². The minimum atomic E-state index is 0.141. The molecule has 0 aromatic heterocycles. The van der Waals surface area contributed by atoms with Gasteiger partial charge in [-0.25, -0.2) is 0 Å². The topological polar surface area (TPSA) is 37.4 Å². The average molecular weight is 181 g/mol. The Morgan fingerprint density at radius 2 is 1.85 bits per heavy atom. The Kier molecular flexibility index (Phi) is 2.10. The first kappa shape index (κ1) is 8.73. The van der Waals surface area contributed by atoms with Crippen LogP contribution in [0.2, 0.25) is 0 Å². The summed E-state index contributed by atoms with van der Waals surface area (Å²) in [5.41, 5.74) is 0. The first-order chi connectivity index (χ1) is 6.18. The second-order valence-corrected chi connectivity index (χ2v) is 4.11. The smallest absolute Gasteiger partial charge is 0.219 e. The molecule has 3 nitrogen and oxygen atoms in total. The standard InChI is InChI=1S/C10H15NO2/c1-7(12)11-8-3-2-4-9(11)6-10(13)5-8/h8-9H,2-6H2,1H3. The Labute approximate surface area is 78.1 Å². The van der Waals surface area contributed by atoms with Gasteiger partial charge in [-0.1, -0.05) is 0 Å². The summed E-state index contributed by atoms with van der Waals surface area (Å²) in [5.74, 6) is 0.481. The van der Waals surface area contributed by atoms with Gasteiger partial charge in [0.1, 0.15) is 5.78 Å². The van der Waals surface area contributed by atoms with Crippen molar-refractivity contribution in [1.82, 2.24) is 4.90 Å². The lowest BCUT2D eigenvalue weighted by Gasteiger charge is -2.45. The van der Waals surface area contributed by atoms with Gasteiger partial charge in [-0.3, -0.25) is 9.59 Å². The fourth-order valence-corrected chi connectivity index (χ4v) is 2.69. The number of fused-ring (bicyclic) bond motifs is 2. The number of hydrogen-bond donors (Lipinski definition) is 0. The van der Waals surface area contributed by atoms with E-state index in [1.54, 1.807) is 6.92 Å². The van der Waals surface area contributed by atoms with Gasteiger partial charge in [-0.15, -0.1) is 0 Å². The molecule has 0 aromatic rings. The summed E-state index contributed by atoms with van der Waals surface area (Å²) in [4.78, 5) is 24.6. The largest absolute Gasteiger partial charge is 0.336 e. The van der Waals surface area contributed by atoms with Gasteiger partial charge in [0.05, 0.1) is 0 Å². The summed E-state index contributed by atoms with van der Waals surface area (Å²) >= 11 is 0. The van der Waals surface area contributed by atoms with E-state index < -0.39 is 0 Å². The van der Waals surface area contributed by atoms with Crippen LogP contribution < -0.4 is 0 Å². The average Bonchev–Trinajstić information content (AvgIpc) is 2.01. The molecule has 0 N–H and O–H groups in total. The highest BCUT2D eigenvalue weighted by atomic mass is 16.2. The summed E-state index contributed by atoms with van der Waals surface area (Å²) in [6.07, 6.45) is 4.39. The van der Waals surface area contributed by atoms with Crippen molar-refractivity contribution in [2.45, 2.75) is 51.1 Å². The van der Waals surface area contributed by atoms with Gasteiger partial charge in [0.2, 0.25) is 5.91 Å². The Bertz CT molecular complexity index is 233. The van der Waals surface area contributed by atoms with E-state index in [1.165, 1.54) is 6.42 Å². The molecule has 0 aliphatic carbocycles.